The molecule has 1 aliphatic rings. The Bertz CT molecular complexity index is 1260. The zero-order chi connectivity index (χ0) is 23.3. The number of hydrogen-bond acceptors (Lipinski definition) is 6. The first kappa shape index (κ1) is 22.1. The van der Waals surface area contributed by atoms with Crippen molar-refractivity contribution in [1.82, 2.24) is 31.1 Å². The van der Waals surface area contributed by atoms with E-state index in [1.807, 2.05) is 77.5 Å². The maximum Gasteiger partial charge on any atom is 0.269 e. The van der Waals surface area contributed by atoms with Crippen LogP contribution in [-0.4, -0.2) is 27.2 Å². The second-order valence-electron chi connectivity index (χ2n) is 8.00. The van der Waals surface area contributed by atoms with Crippen LogP contribution >= 0.6 is 11.8 Å². The Labute approximate surface area is 201 Å². The molecule has 5 rings (SSSR count). The van der Waals surface area contributed by atoms with Crippen LogP contribution in [0.3, 0.4) is 0 Å². The summed E-state index contributed by atoms with van der Waals surface area (Å²) in [6.45, 7) is 0. The summed E-state index contributed by atoms with van der Waals surface area (Å²) in [6.07, 6.45) is 4.58. The number of hydrogen-bond donors (Lipinski definition) is 4. The molecular weight excluding hydrogens is 448 g/mol. The van der Waals surface area contributed by atoms with Crippen molar-refractivity contribution in [2.24, 2.45) is 0 Å². The van der Waals surface area contributed by atoms with Crippen LogP contribution in [0.2, 0.25) is 0 Å². The molecule has 1 aliphatic heterocycles. The first-order valence-electron chi connectivity index (χ1n) is 11.0. The number of aromatic nitrogens is 2. The quantitative estimate of drug-likeness (QED) is 0.254. The Morgan fingerprint density at radius 2 is 1.76 bits per heavy atom. The smallest absolute Gasteiger partial charge is 0.269 e. The van der Waals surface area contributed by atoms with Crippen LogP contribution < -0.4 is 21.7 Å². The van der Waals surface area contributed by atoms with Crippen molar-refractivity contribution in [2.75, 3.05) is 0 Å². The molecule has 0 saturated carbocycles. The second kappa shape index (κ2) is 10.1. The topological polar surface area (TPSA) is 99.6 Å². The summed E-state index contributed by atoms with van der Waals surface area (Å²) < 4.78 is 2.00. The molecule has 2 aromatic carbocycles. The largest absolute Gasteiger partial charge is 0.307 e. The number of hydrazine groups is 2. The van der Waals surface area contributed by atoms with Crippen LogP contribution in [0.25, 0.3) is 5.65 Å². The average Bonchev–Trinajstić information content (AvgIpc) is 3.54. The average molecular weight is 473 g/mol. The molecule has 2 amide bonds. The lowest BCUT2D eigenvalue weighted by Gasteiger charge is -2.12. The zero-order valence-corrected chi connectivity index (χ0v) is 19.1. The fraction of sp³-hybridized carbons (Fsp3) is 0.160. The van der Waals surface area contributed by atoms with Gasteiger partial charge in [0.05, 0.1) is 5.69 Å². The number of amides is 2. The van der Waals surface area contributed by atoms with Gasteiger partial charge >= 0.3 is 0 Å². The molecule has 3 heterocycles. The summed E-state index contributed by atoms with van der Waals surface area (Å²) in [6, 6.07) is 22.7. The lowest BCUT2D eigenvalue weighted by Crippen LogP contribution is -2.50. The molecular formula is C25H24N6O2S. The molecule has 0 radical (unpaired) electrons. The highest BCUT2D eigenvalue weighted by Crippen LogP contribution is 2.23. The standard InChI is InChI=1S/C25H24N6O2S/c32-24(29-30-25(33)22-14-21(27-28-22)17-6-2-1-3-7-17)18-9-11-20(12-10-18)34-16-19-15-31-13-5-4-8-23(31)26-19/h1-13,15,21-22,27-28H,14,16H2,(H,29,32)(H,30,33). The molecule has 4 aromatic rings. The molecule has 0 spiro atoms. The molecule has 9 heteroatoms. The van der Waals surface area contributed by atoms with Crippen LogP contribution in [0, 0.1) is 0 Å². The maximum absolute atomic E-state index is 12.5. The molecule has 1 saturated heterocycles. The molecule has 0 aliphatic carbocycles. The second-order valence-corrected chi connectivity index (χ2v) is 9.04. The summed E-state index contributed by atoms with van der Waals surface area (Å²) in [5, 5.41) is 0. The Kier molecular flexibility index (Phi) is 6.57. The van der Waals surface area contributed by atoms with Crippen molar-refractivity contribution in [2.45, 2.75) is 29.2 Å². The van der Waals surface area contributed by atoms with E-state index in [9.17, 15) is 9.59 Å². The fourth-order valence-electron chi connectivity index (χ4n) is 3.83. The zero-order valence-electron chi connectivity index (χ0n) is 18.3. The number of fused-ring (bicyclic) bond motifs is 1. The van der Waals surface area contributed by atoms with Gasteiger partial charge in [-0.15, -0.1) is 11.8 Å². The van der Waals surface area contributed by atoms with Crippen LogP contribution in [0.1, 0.15) is 34.1 Å². The molecule has 172 valence electrons. The number of nitrogens with zero attached hydrogens (tertiary/aromatic N) is 2. The number of pyridine rings is 1. The number of rotatable bonds is 6. The van der Waals surface area contributed by atoms with Gasteiger partial charge < -0.3 is 4.40 Å². The molecule has 8 nitrogen and oxygen atoms in total. The van der Waals surface area contributed by atoms with Crippen LogP contribution in [0.5, 0.6) is 0 Å². The van der Waals surface area contributed by atoms with Crippen LogP contribution in [0.4, 0.5) is 0 Å². The minimum Gasteiger partial charge on any atom is -0.307 e. The molecule has 34 heavy (non-hydrogen) atoms. The van der Waals surface area contributed by atoms with E-state index >= 15 is 0 Å². The van der Waals surface area contributed by atoms with E-state index in [4.69, 9.17) is 0 Å². The number of carbonyl (C=O) groups is 2. The summed E-state index contributed by atoms with van der Waals surface area (Å²) in [4.78, 5) is 30.5. The van der Waals surface area contributed by atoms with Crippen molar-refractivity contribution in [3.8, 4) is 0 Å². The van der Waals surface area contributed by atoms with Crippen LogP contribution in [0.15, 0.2) is 90.1 Å². The van der Waals surface area contributed by atoms with Gasteiger partial charge in [0.2, 0.25) is 0 Å². The molecule has 4 N–H and O–H groups in total. The van der Waals surface area contributed by atoms with Crippen LogP contribution in [-0.2, 0) is 10.5 Å². The van der Waals surface area contributed by atoms with E-state index in [0.29, 0.717) is 12.0 Å². The van der Waals surface area contributed by atoms with Gasteiger partial charge in [-0.2, -0.15) is 0 Å². The first-order valence-corrected chi connectivity index (χ1v) is 12.0. The maximum atomic E-state index is 12.5. The van der Waals surface area contributed by atoms with E-state index < -0.39 is 6.04 Å². The summed E-state index contributed by atoms with van der Waals surface area (Å²) in [7, 11) is 0. The van der Waals surface area contributed by atoms with Crippen molar-refractivity contribution in [3.63, 3.8) is 0 Å². The highest BCUT2D eigenvalue weighted by Gasteiger charge is 2.30. The van der Waals surface area contributed by atoms with Gasteiger partial charge in [-0.3, -0.25) is 20.4 Å². The Morgan fingerprint density at radius 1 is 0.971 bits per heavy atom. The third-order valence-electron chi connectivity index (χ3n) is 5.64. The third-order valence-corrected chi connectivity index (χ3v) is 6.68. The molecule has 1 fully saturated rings. The SMILES string of the molecule is O=C(NNC(=O)C1CC(c2ccccc2)NN1)c1ccc(SCc2cn3ccccc3n2)cc1. The number of benzene rings is 2. The highest BCUT2D eigenvalue weighted by molar-refractivity contribution is 7.98. The number of imidazole rings is 1. The Balaban J connectivity index is 1.09. The predicted molar refractivity (Wildman–Crippen MR) is 131 cm³/mol. The minimum absolute atomic E-state index is 0.0400. The van der Waals surface area contributed by atoms with Crippen molar-refractivity contribution in [1.29, 1.82) is 0 Å². The van der Waals surface area contributed by atoms with Crippen molar-refractivity contribution >= 4 is 29.2 Å². The van der Waals surface area contributed by atoms with Crippen molar-refractivity contribution in [3.05, 3.63) is 102 Å². The van der Waals surface area contributed by atoms with Crippen molar-refractivity contribution < 1.29 is 9.59 Å². The van der Waals surface area contributed by atoms with E-state index in [1.165, 1.54) is 0 Å². The first-order chi connectivity index (χ1) is 16.7. The third kappa shape index (κ3) is 5.12. The summed E-state index contributed by atoms with van der Waals surface area (Å²) in [5.41, 5.74) is 14.6. The molecule has 0 bridgehead atoms. The summed E-state index contributed by atoms with van der Waals surface area (Å²) >= 11 is 1.65. The lowest BCUT2D eigenvalue weighted by molar-refractivity contribution is -0.123. The van der Waals surface area contributed by atoms with E-state index in [-0.39, 0.29) is 17.9 Å². The summed E-state index contributed by atoms with van der Waals surface area (Å²) in [5.74, 6) is 0.0742. The van der Waals surface area contributed by atoms with E-state index in [0.717, 1.165) is 27.6 Å². The van der Waals surface area contributed by atoms with Gasteiger partial charge in [-0.05, 0) is 48.4 Å². The number of carbonyl (C=O) groups excluding carboxylic acids is 2. The van der Waals surface area contributed by atoms with Gasteiger partial charge in [0.25, 0.3) is 11.8 Å². The van der Waals surface area contributed by atoms with Gasteiger partial charge in [0.1, 0.15) is 11.7 Å². The normalized spacial score (nSPS) is 17.5. The number of nitrogens with one attached hydrogen (secondary N) is 4. The van der Waals surface area contributed by atoms with E-state index in [1.54, 1.807) is 23.9 Å². The van der Waals surface area contributed by atoms with Gasteiger partial charge in [-0.1, -0.05) is 36.4 Å². The predicted octanol–water partition coefficient (Wildman–Crippen LogP) is 3.00. The van der Waals surface area contributed by atoms with Gasteiger partial charge in [0, 0.05) is 34.6 Å². The van der Waals surface area contributed by atoms with Gasteiger partial charge in [0.15, 0.2) is 0 Å². The van der Waals surface area contributed by atoms with Gasteiger partial charge in [-0.25, -0.2) is 15.8 Å². The molecule has 2 unspecified atom stereocenters. The highest BCUT2D eigenvalue weighted by atomic mass is 32.2. The monoisotopic (exact) mass is 472 g/mol. The molecule has 2 atom stereocenters. The minimum atomic E-state index is -0.441. The fourth-order valence-corrected chi connectivity index (χ4v) is 4.61. The molecule has 2 aromatic heterocycles. The Hall–Kier alpha value is -3.66. The van der Waals surface area contributed by atoms with E-state index in [2.05, 4.69) is 26.7 Å². The number of thioether (sulfide) groups is 1. The lowest BCUT2D eigenvalue weighted by atomic mass is 10.0. The Morgan fingerprint density at radius 3 is 2.56 bits per heavy atom.